The molecule has 0 fully saturated rings. The van der Waals surface area contributed by atoms with Crippen LogP contribution in [-0.4, -0.2) is 61.1 Å². The van der Waals surface area contributed by atoms with Crippen molar-refractivity contribution in [2.45, 2.75) is 37.6 Å². The molecular formula is C26H34O6. The molecule has 174 valence electrons. The van der Waals surface area contributed by atoms with Crippen molar-refractivity contribution in [1.29, 1.82) is 0 Å². The first-order valence-electron chi connectivity index (χ1n) is 10.7. The van der Waals surface area contributed by atoms with Gasteiger partial charge in [0, 0.05) is 0 Å². The van der Waals surface area contributed by atoms with E-state index >= 15 is 0 Å². The van der Waals surface area contributed by atoms with Crippen LogP contribution in [-0.2, 0) is 32.2 Å². The van der Waals surface area contributed by atoms with Gasteiger partial charge in [0.15, 0.2) is 0 Å². The number of hydrogen-bond donors (Lipinski definition) is 2. The Morgan fingerprint density at radius 3 is 1.38 bits per heavy atom. The fourth-order valence-corrected chi connectivity index (χ4v) is 3.05. The molecule has 0 aliphatic carbocycles. The highest BCUT2D eigenvalue weighted by Gasteiger charge is 2.34. The third-order valence-corrected chi connectivity index (χ3v) is 4.76. The Kier molecular flexibility index (Phi) is 12.5. The van der Waals surface area contributed by atoms with E-state index in [0.717, 1.165) is 11.1 Å². The average molecular weight is 443 g/mol. The van der Waals surface area contributed by atoms with Crippen LogP contribution in [0, 0.1) is 0 Å². The normalized spacial score (nSPS) is 14.9. The van der Waals surface area contributed by atoms with Crippen molar-refractivity contribution in [3.05, 3.63) is 97.1 Å². The zero-order chi connectivity index (χ0) is 23.0. The molecule has 0 spiro atoms. The summed E-state index contributed by atoms with van der Waals surface area (Å²) in [4.78, 5) is 0. The molecule has 0 radical (unpaired) electrons. The molecule has 6 heteroatoms. The number of ether oxygens (including phenoxy) is 4. The van der Waals surface area contributed by atoms with E-state index in [1.165, 1.54) is 0 Å². The van der Waals surface area contributed by atoms with E-state index < -0.39 is 24.4 Å². The Labute approximate surface area is 190 Å². The smallest absolute Gasteiger partial charge is 0.111 e. The zero-order valence-electron chi connectivity index (χ0n) is 18.4. The number of benzene rings is 2. The van der Waals surface area contributed by atoms with Gasteiger partial charge in [-0.05, 0) is 11.1 Å². The molecule has 0 bridgehead atoms. The second-order valence-corrected chi connectivity index (χ2v) is 7.30. The van der Waals surface area contributed by atoms with Crippen LogP contribution < -0.4 is 0 Å². The van der Waals surface area contributed by atoms with E-state index in [-0.39, 0.29) is 26.4 Å². The summed E-state index contributed by atoms with van der Waals surface area (Å²) in [5.41, 5.74) is 2.01. The highest BCUT2D eigenvalue weighted by atomic mass is 16.6. The van der Waals surface area contributed by atoms with Crippen LogP contribution in [0.4, 0.5) is 0 Å². The lowest BCUT2D eigenvalue weighted by molar-refractivity contribution is -0.159. The molecule has 2 aromatic carbocycles. The van der Waals surface area contributed by atoms with Gasteiger partial charge in [-0.25, -0.2) is 0 Å². The van der Waals surface area contributed by atoms with Gasteiger partial charge in [0.25, 0.3) is 0 Å². The lowest BCUT2D eigenvalue weighted by atomic mass is 10.0. The minimum absolute atomic E-state index is 0.0972. The van der Waals surface area contributed by atoms with Gasteiger partial charge in [-0.3, -0.25) is 0 Å². The fourth-order valence-electron chi connectivity index (χ4n) is 3.05. The predicted octanol–water partition coefficient (Wildman–Crippen LogP) is 3.28. The summed E-state index contributed by atoms with van der Waals surface area (Å²) in [5, 5.41) is 21.7. The molecule has 0 heterocycles. The molecule has 0 unspecified atom stereocenters. The Bertz CT molecular complexity index is 686. The van der Waals surface area contributed by atoms with E-state index in [9.17, 15) is 10.2 Å². The minimum Gasteiger partial charge on any atom is -0.388 e. The van der Waals surface area contributed by atoms with E-state index in [0.29, 0.717) is 13.2 Å². The lowest BCUT2D eigenvalue weighted by Crippen LogP contribution is -2.49. The molecule has 0 saturated heterocycles. The Hall–Kier alpha value is -2.32. The highest BCUT2D eigenvalue weighted by Crippen LogP contribution is 2.14. The average Bonchev–Trinajstić information content (AvgIpc) is 2.84. The molecule has 0 aromatic heterocycles. The fraction of sp³-hybridized carbons (Fsp3) is 0.385. The predicted molar refractivity (Wildman–Crippen MR) is 124 cm³/mol. The van der Waals surface area contributed by atoms with Gasteiger partial charge in [0.2, 0.25) is 0 Å². The van der Waals surface area contributed by atoms with Crippen LogP contribution in [0.1, 0.15) is 11.1 Å². The molecule has 2 rings (SSSR count). The Balaban J connectivity index is 1.94. The maximum absolute atomic E-state index is 10.8. The highest BCUT2D eigenvalue weighted by molar-refractivity contribution is 5.14. The number of aliphatic hydroxyl groups is 2. The van der Waals surface area contributed by atoms with Crippen LogP contribution in [0.3, 0.4) is 0 Å². The molecule has 0 amide bonds. The molecular weight excluding hydrogens is 408 g/mol. The molecule has 32 heavy (non-hydrogen) atoms. The Morgan fingerprint density at radius 2 is 1.03 bits per heavy atom. The summed E-state index contributed by atoms with van der Waals surface area (Å²) in [6.45, 7) is 8.65. The maximum atomic E-state index is 10.8. The molecule has 2 N–H and O–H groups in total. The van der Waals surface area contributed by atoms with Crippen molar-refractivity contribution in [3.8, 4) is 0 Å². The van der Waals surface area contributed by atoms with Crippen molar-refractivity contribution >= 4 is 0 Å². The third-order valence-electron chi connectivity index (χ3n) is 4.76. The van der Waals surface area contributed by atoms with Gasteiger partial charge in [-0.1, -0.05) is 72.8 Å². The second-order valence-electron chi connectivity index (χ2n) is 7.30. The van der Waals surface area contributed by atoms with Crippen LogP contribution in [0.25, 0.3) is 0 Å². The molecule has 4 atom stereocenters. The molecule has 2 aromatic rings. The van der Waals surface area contributed by atoms with Gasteiger partial charge in [0.05, 0.1) is 39.6 Å². The minimum atomic E-state index is -1.25. The van der Waals surface area contributed by atoms with Crippen molar-refractivity contribution in [3.63, 3.8) is 0 Å². The van der Waals surface area contributed by atoms with E-state index in [2.05, 4.69) is 13.2 Å². The Morgan fingerprint density at radius 1 is 0.656 bits per heavy atom. The van der Waals surface area contributed by atoms with Crippen molar-refractivity contribution in [1.82, 2.24) is 0 Å². The summed E-state index contributed by atoms with van der Waals surface area (Å²) in [6, 6.07) is 19.4. The quantitative estimate of drug-likeness (QED) is 0.366. The van der Waals surface area contributed by atoms with Gasteiger partial charge in [0.1, 0.15) is 24.4 Å². The molecule has 0 saturated carbocycles. The SMILES string of the molecule is C=CCO[C@H](COCc1ccccc1)[C@@H](O)[C@H](O)[C@@H](COCc1ccccc1)OCC=C. The van der Waals surface area contributed by atoms with Gasteiger partial charge in [-0.15, -0.1) is 13.2 Å². The number of rotatable bonds is 17. The van der Waals surface area contributed by atoms with Crippen LogP contribution in [0.2, 0.25) is 0 Å². The van der Waals surface area contributed by atoms with Crippen molar-refractivity contribution in [2.75, 3.05) is 26.4 Å². The van der Waals surface area contributed by atoms with E-state index in [1.807, 2.05) is 60.7 Å². The van der Waals surface area contributed by atoms with Gasteiger partial charge >= 0.3 is 0 Å². The summed E-state index contributed by atoms with van der Waals surface area (Å²) in [5.74, 6) is 0. The zero-order valence-corrected chi connectivity index (χ0v) is 18.4. The lowest BCUT2D eigenvalue weighted by Gasteiger charge is -2.31. The molecule has 0 aliphatic heterocycles. The summed E-state index contributed by atoms with van der Waals surface area (Å²) < 4.78 is 22.8. The number of aliphatic hydroxyl groups excluding tert-OH is 2. The first-order valence-corrected chi connectivity index (χ1v) is 10.7. The van der Waals surface area contributed by atoms with Gasteiger partial charge < -0.3 is 29.2 Å². The van der Waals surface area contributed by atoms with Crippen LogP contribution in [0.5, 0.6) is 0 Å². The first-order chi connectivity index (χ1) is 15.7. The summed E-state index contributed by atoms with van der Waals surface area (Å²) in [7, 11) is 0. The maximum Gasteiger partial charge on any atom is 0.111 e. The topological polar surface area (TPSA) is 77.4 Å². The second kappa shape index (κ2) is 15.5. The summed E-state index contributed by atoms with van der Waals surface area (Å²) in [6.07, 6.45) is -0.872. The summed E-state index contributed by atoms with van der Waals surface area (Å²) >= 11 is 0. The monoisotopic (exact) mass is 442 g/mol. The van der Waals surface area contributed by atoms with E-state index in [4.69, 9.17) is 18.9 Å². The third kappa shape index (κ3) is 9.44. The van der Waals surface area contributed by atoms with Crippen LogP contribution >= 0.6 is 0 Å². The van der Waals surface area contributed by atoms with Gasteiger partial charge in [-0.2, -0.15) is 0 Å². The largest absolute Gasteiger partial charge is 0.388 e. The number of hydrogen-bond acceptors (Lipinski definition) is 6. The van der Waals surface area contributed by atoms with Crippen molar-refractivity contribution in [2.24, 2.45) is 0 Å². The molecule has 6 nitrogen and oxygen atoms in total. The van der Waals surface area contributed by atoms with Crippen LogP contribution in [0.15, 0.2) is 86.0 Å². The van der Waals surface area contributed by atoms with E-state index in [1.54, 1.807) is 12.2 Å². The standard InChI is InChI=1S/C26H34O6/c1-3-15-31-23(19-29-17-21-11-7-5-8-12-21)25(27)26(28)24(32-16-4-2)20-30-18-22-13-9-6-10-14-22/h3-14,23-28H,1-2,15-20H2/t23-,24-,25-,26-/m1/s1. The first kappa shape index (κ1) is 25.9. The molecule has 0 aliphatic rings. The van der Waals surface area contributed by atoms with Crippen molar-refractivity contribution < 1.29 is 29.2 Å².